The van der Waals surface area contributed by atoms with Crippen molar-refractivity contribution >= 4 is 5.78 Å². The molecular weight excluding hydrogens is 254 g/mol. The Morgan fingerprint density at radius 2 is 2.30 bits per heavy atom. The standard InChI is InChI=1S/C15H17N3O2/c1-11(19)12-5-6-13(16-9-12)10-20-15-8-14-4-2-3-7-18(14)17-15/h5-6,8-9H,2-4,7,10H2,1H3. The summed E-state index contributed by atoms with van der Waals surface area (Å²) in [6.07, 6.45) is 5.06. The summed E-state index contributed by atoms with van der Waals surface area (Å²) in [6, 6.07) is 5.59. The van der Waals surface area contributed by atoms with Crippen LogP contribution >= 0.6 is 0 Å². The second kappa shape index (κ2) is 5.45. The molecule has 2 aromatic rings. The monoisotopic (exact) mass is 271 g/mol. The van der Waals surface area contributed by atoms with E-state index in [2.05, 4.69) is 10.1 Å². The van der Waals surface area contributed by atoms with Crippen molar-refractivity contribution in [3.05, 3.63) is 41.3 Å². The first kappa shape index (κ1) is 12.8. The number of ketones is 1. The molecule has 0 aliphatic carbocycles. The summed E-state index contributed by atoms with van der Waals surface area (Å²) in [5.41, 5.74) is 2.65. The van der Waals surface area contributed by atoms with Crippen molar-refractivity contribution in [1.82, 2.24) is 14.8 Å². The molecule has 0 saturated heterocycles. The number of aryl methyl sites for hydroxylation is 2. The van der Waals surface area contributed by atoms with Crippen molar-refractivity contribution in [2.75, 3.05) is 0 Å². The van der Waals surface area contributed by atoms with Crippen LogP contribution in [0.25, 0.3) is 0 Å². The van der Waals surface area contributed by atoms with Crippen LogP contribution in [0.15, 0.2) is 24.4 Å². The van der Waals surface area contributed by atoms with Crippen molar-refractivity contribution in [2.24, 2.45) is 0 Å². The van der Waals surface area contributed by atoms with Gasteiger partial charge in [-0.3, -0.25) is 14.5 Å². The van der Waals surface area contributed by atoms with E-state index in [4.69, 9.17) is 4.74 Å². The quantitative estimate of drug-likeness (QED) is 0.801. The smallest absolute Gasteiger partial charge is 0.233 e. The molecule has 2 aromatic heterocycles. The Hall–Kier alpha value is -2.17. The van der Waals surface area contributed by atoms with Gasteiger partial charge >= 0.3 is 0 Å². The molecule has 0 saturated carbocycles. The molecule has 0 unspecified atom stereocenters. The van der Waals surface area contributed by atoms with Gasteiger partial charge in [-0.2, -0.15) is 0 Å². The zero-order chi connectivity index (χ0) is 13.9. The molecule has 3 rings (SSSR count). The lowest BCUT2D eigenvalue weighted by atomic mass is 10.1. The summed E-state index contributed by atoms with van der Waals surface area (Å²) in [5.74, 6) is 0.672. The van der Waals surface area contributed by atoms with E-state index in [9.17, 15) is 4.79 Å². The van der Waals surface area contributed by atoms with Crippen LogP contribution in [-0.4, -0.2) is 20.5 Å². The van der Waals surface area contributed by atoms with E-state index in [1.807, 2.05) is 16.8 Å². The highest BCUT2D eigenvalue weighted by molar-refractivity contribution is 5.93. The number of carbonyl (C=O) groups is 1. The van der Waals surface area contributed by atoms with Gasteiger partial charge in [-0.15, -0.1) is 5.10 Å². The van der Waals surface area contributed by atoms with Crippen LogP contribution in [0.1, 0.15) is 41.5 Å². The fraction of sp³-hybridized carbons (Fsp3) is 0.400. The van der Waals surface area contributed by atoms with Gasteiger partial charge in [0.1, 0.15) is 6.61 Å². The predicted molar refractivity (Wildman–Crippen MR) is 73.7 cm³/mol. The van der Waals surface area contributed by atoms with Crippen LogP contribution in [0, 0.1) is 0 Å². The van der Waals surface area contributed by atoms with Gasteiger partial charge in [0.05, 0.1) is 5.69 Å². The van der Waals surface area contributed by atoms with E-state index in [0.717, 1.165) is 18.7 Å². The topological polar surface area (TPSA) is 57.0 Å². The van der Waals surface area contributed by atoms with Crippen LogP contribution in [0.5, 0.6) is 5.88 Å². The first-order valence-corrected chi connectivity index (χ1v) is 6.88. The summed E-state index contributed by atoms with van der Waals surface area (Å²) in [5, 5.41) is 4.42. The molecule has 104 valence electrons. The Balaban J connectivity index is 1.64. The molecular formula is C15H17N3O2. The lowest BCUT2D eigenvalue weighted by Crippen LogP contribution is -2.10. The first-order chi connectivity index (χ1) is 9.72. The fourth-order valence-electron chi connectivity index (χ4n) is 2.33. The van der Waals surface area contributed by atoms with E-state index < -0.39 is 0 Å². The van der Waals surface area contributed by atoms with E-state index in [-0.39, 0.29) is 5.78 Å². The third-order valence-corrected chi connectivity index (χ3v) is 3.49. The molecule has 0 N–H and O–H groups in total. The lowest BCUT2D eigenvalue weighted by molar-refractivity contribution is 0.101. The minimum absolute atomic E-state index is 0.0201. The van der Waals surface area contributed by atoms with Gasteiger partial charge in [-0.05, 0) is 38.3 Å². The van der Waals surface area contributed by atoms with E-state index in [1.165, 1.54) is 25.5 Å². The Labute approximate surface area is 117 Å². The van der Waals surface area contributed by atoms with Crippen LogP contribution in [0.3, 0.4) is 0 Å². The molecule has 0 bridgehead atoms. The van der Waals surface area contributed by atoms with Crippen molar-refractivity contribution < 1.29 is 9.53 Å². The van der Waals surface area contributed by atoms with Crippen molar-refractivity contribution in [2.45, 2.75) is 39.3 Å². The van der Waals surface area contributed by atoms with Gasteiger partial charge in [0.15, 0.2) is 5.78 Å². The molecule has 1 aliphatic rings. The summed E-state index contributed by atoms with van der Waals surface area (Å²) in [6.45, 7) is 2.88. The second-order valence-corrected chi connectivity index (χ2v) is 5.04. The molecule has 0 spiro atoms. The maximum absolute atomic E-state index is 11.2. The summed E-state index contributed by atoms with van der Waals surface area (Å²) in [4.78, 5) is 15.4. The van der Waals surface area contributed by atoms with E-state index in [1.54, 1.807) is 12.3 Å². The number of hydrogen-bond acceptors (Lipinski definition) is 4. The summed E-state index contributed by atoms with van der Waals surface area (Å²) in [7, 11) is 0. The maximum atomic E-state index is 11.2. The highest BCUT2D eigenvalue weighted by Gasteiger charge is 2.12. The fourth-order valence-corrected chi connectivity index (χ4v) is 2.33. The third kappa shape index (κ3) is 2.71. The van der Waals surface area contributed by atoms with Gasteiger partial charge in [-0.25, -0.2) is 0 Å². The Morgan fingerprint density at radius 3 is 3.00 bits per heavy atom. The molecule has 0 atom stereocenters. The molecule has 0 fully saturated rings. The Bertz CT molecular complexity index is 593. The van der Waals surface area contributed by atoms with Crippen LogP contribution in [0.4, 0.5) is 0 Å². The Kier molecular flexibility index (Phi) is 3.50. The minimum Gasteiger partial charge on any atom is -0.470 e. The normalized spacial score (nSPS) is 13.8. The average molecular weight is 271 g/mol. The second-order valence-electron chi connectivity index (χ2n) is 5.04. The number of aromatic nitrogens is 3. The predicted octanol–water partition coefficient (Wildman–Crippen LogP) is 2.40. The number of pyridine rings is 1. The lowest BCUT2D eigenvalue weighted by Gasteiger charge is -2.11. The largest absolute Gasteiger partial charge is 0.470 e. The van der Waals surface area contributed by atoms with Crippen LogP contribution in [0.2, 0.25) is 0 Å². The van der Waals surface area contributed by atoms with Crippen LogP contribution < -0.4 is 4.74 Å². The molecule has 5 heteroatoms. The number of ether oxygens (including phenoxy) is 1. The van der Waals surface area contributed by atoms with E-state index >= 15 is 0 Å². The summed E-state index contributed by atoms with van der Waals surface area (Å²) < 4.78 is 7.68. The zero-order valence-electron chi connectivity index (χ0n) is 11.5. The minimum atomic E-state index is 0.0201. The highest BCUT2D eigenvalue weighted by Crippen LogP contribution is 2.19. The zero-order valence-corrected chi connectivity index (χ0v) is 11.5. The molecule has 0 amide bonds. The number of nitrogens with zero attached hydrogens (tertiary/aromatic N) is 3. The number of Topliss-reactive ketones (excluding diaryl/α,β-unsaturated/α-hetero) is 1. The number of rotatable bonds is 4. The Morgan fingerprint density at radius 1 is 1.40 bits per heavy atom. The molecule has 0 aromatic carbocycles. The summed E-state index contributed by atoms with van der Waals surface area (Å²) >= 11 is 0. The SMILES string of the molecule is CC(=O)c1ccc(COc2cc3n(n2)CCCC3)nc1. The highest BCUT2D eigenvalue weighted by atomic mass is 16.5. The molecule has 1 aliphatic heterocycles. The van der Waals surface area contributed by atoms with Crippen molar-refractivity contribution in [3.8, 4) is 5.88 Å². The molecule has 3 heterocycles. The molecule has 20 heavy (non-hydrogen) atoms. The van der Waals surface area contributed by atoms with Crippen LogP contribution in [-0.2, 0) is 19.6 Å². The van der Waals surface area contributed by atoms with Gasteiger partial charge in [0.25, 0.3) is 0 Å². The van der Waals surface area contributed by atoms with Gasteiger partial charge < -0.3 is 4.74 Å². The van der Waals surface area contributed by atoms with Crippen molar-refractivity contribution in [1.29, 1.82) is 0 Å². The number of carbonyl (C=O) groups excluding carboxylic acids is 1. The molecule has 5 nitrogen and oxygen atoms in total. The van der Waals surface area contributed by atoms with Gasteiger partial charge in [0, 0.05) is 30.1 Å². The number of hydrogen-bond donors (Lipinski definition) is 0. The first-order valence-electron chi connectivity index (χ1n) is 6.88. The maximum Gasteiger partial charge on any atom is 0.233 e. The average Bonchev–Trinajstić information content (AvgIpc) is 2.88. The molecule has 0 radical (unpaired) electrons. The van der Waals surface area contributed by atoms with E-state index in [0.29, 0.717) is 18.1 Å². The van der Waals surface area contributed by atoms with Gasteiger partial charge in [-0.1, -0.05) is 0 Å². The number of fused-ring (bicyclic) bond motifs is 1. The van der Waals surface area contributed by atoms with Gasteiger partial charge in [0.2, 0.25) is 5.88 Å². The van der Waals surface area contributed by atoms with Crippen molar-refractivity contribution in [3.63, 3.8) is 0 Å². The third-order valence-electron chi connectivity index (χ3n) is 3.49.